The van der Waals surface area contributed by atoms with Gasteiger partial charge in [-0.1, -0.05) is 65.7 Å². The first-order chi connectivity index (χ1) is 14.1. The third-order valence-electron chi connectivity index (χ3n) is 4.86. The second-order valence-electron chi connectivity index (χ2n) is 6.72. The lowest BCUT2D eigenvalue weighted by molar-refractivity contribution is 0.595. The van der Waals surface area contributed by atoms with Gasteiger partial charge in [0.15, 0.2) is 0 Å². The molecule has 0 unspecified atom stereocenters. The summed E-state index contributed by atoms with van der Waals surface area (Å²) in [4.78, 5) is 16.8. The number of benzene rings is 4. The Kier molecular flexibility index (Phi) is 4.35. The van der Waals surface area contributed by atoms with Gasteiger partial charge in [0.05, 0.1) is 16.0 Å². The second-order valence-corrected chi connectivity index (χ2v) is 7.56. The van der Waals surface area contributed by atoms with Crippen LogP contribution >= 0.6 is 23.2 Å². The molecule has 5 aromatic rings. The minimum absolute atomic E-state index is 0.169. The number of nitrogens with zero attached hydrogens (tertiary/aromatic N) is 1. The lowest BCUT2D eigenvalue weighted by Crippen LogP contribution is -2.07. The summed E-state index contributed by atoms with van der Waals surface area (Å²) in [6.07, 6.45) is 0. The van der Waals surface area contributed by atoms with Gasteiger partial charge >= 0.3 is 0 Å². The fourth-order valence-electron chi connectivity index (χ4n) is 3.39. The normalized spacial score (nSPS) is 11.2. The van der Waals surface area contributed by atoms with E-state index in [1.807, 2.05) is 30.3 Å². The number of fused-ring (bicyclic) bond motifs is 2. The summed E-state index contributed by atoms with van der Waals surface area (Å²) in [6, 6.07) is 24.9. The van der Waals surface area contributed by atoms with E-state index in [2.05, 4.69) is 29.2 Å². The van der Waals surface area contributed by atoms with Crippen molar-refractivity contribution in [1.29, 1.82) is 0 Å². The lowest BCUT2D eigenvalue weighted by Gasteiger charge is -2.07. The zero-order valence-electron chi connectivity index (χ0n) is 15.0. The first-order valence-electron chi connectivity index (χ1n) is 8.98. The van der Waals surface area contributed by atoms with E-state index >= 15 is 0 Å². The SMILES string of the molecule is O=c1nc(-c2ccc(Cl)cc2Cl)oc2ccc(-c3ccc4ccccc4c3)cc12. The van der Waals surface area contributed by atoms with Gasteiger partial charge in [0, 0.05) is 5.02 Å². The van der Waals surface area contributed by atoms with Crippen LogP contribution in [0.3, 0.4) is 0 Å². The molecule has 29 heavy (non-hydrogen) atoms. The molecule has 0 fully saturated rings. The molecular formula is C24H13Cl2NO2. The topological polar surface area (TPSA) is 43.1 Å². The molecule has 140 valence electrons. The van der Waals surface area contributed by atoms with Gasteiger partial charge in [0.2, 0.25) is 5.89 Å². The summed E-state index contributed by atoms with van der Waals surface area (Å²) >= 11 is 12.2. The van der Waals surface area contributed by atoms with E-state index in [9.17, 15) is 4.79 Å². The summed E-state index contributed by atoms with van der Waals surface area (Å²) in [6.45, 7) is 0. The maximum absolute atomic E-state index is 12.7. The Morgan fingerprint density at radius 3 is 2.34 bits per heavy atom. The highest BCUT2D eigenvalue weighted by Gasteiger charge is 2.13. The summed E-state index contributed by atoms with van der Waals surface area (Å²) in [5.74, 6) is 0.169. The molecule has 1 heterocycles. The Balaban J connectivity index is 1.64. The van der Waals surface area contributed by atoms with Crippen LogP contribution in [0.5, 0.6) is 0 Å². The fourth-order valence-corrected chi connectivity index (χ4v) is 3.88. The van der Waals surface area contributed by atoms with Gasteiger partial charge < -0.3 is 4.42 Å². The van der Waals surface area contributed by atoms with E-state index in [0.717, 1.165) is 16.5 Å². The van der Waals surface area contributed by atoms with Crippen LogP contribution in [0.2, 0.25) is 10.0 Å². The highest BCUT2D eigenvalue weighted by Crippen LogP contribution is 2.31. The third kappa shape index (κ3) is 3.29. The van der Waals surface area contributed by atoms with Gasteiger partial charge in [-0.3, -0.25) is 4.79 Å². The molecule has 0 aliphatic rings. The molecular weight excluding hydrogens is 405 g/mol. The molecule has 5 heteroatoms. The van der Waals surface area contributed by atoms with Crippen LogP contribution in [-0.2, 0) is 0 Å². The van der Waals surface area contributed by atoms with Crippen molar-refractivity contribution >= 4 is 44.9 Å². The quantitative estimate of drug-likeness (QED) is 0.311. The van der Waals surface area contributed by atoms with Crippen molar-refractivity contribution < 1.29 is 4.42 Å². The Bertz CT molecular complexity index is 1460. The molecule has 1 aromatic heterocycles. The molecule has 0 spiro atoms. The van der Waals surface area contributed by atoms with Crippen molar-refractivity contribution in [3.05, 3.63) is 99.3 Å². The van der Waals surface area contributed by atoms with E-state index < -0.39 is 0 Å². The Labute approximate surface area is 176 Å². The van der Waals surface area contributed by atoms with E-state index in [1.165, 1.54) is 5.39 Å². The van der Waals surface area contributed by atoms with E-state index in [-0.39, 0.29) is 11.4 Å². The third-order valence-corrected chi connectivity index (χ3v) is 5.41. The molecule has 0 atom stereocenters. The molecule has 0 aliphatic carbocycles. The summed E-state index contributed by atoms with van der Waals surface area (Å²) in [5.41, 5.74) is 2.56. The van der Waals surface area contributed by atoms with Crippen molar-refractivity contribution in [2.24, 2.45) is 0 Å². The number of halogens is 2. The number of rotatable bonds is 2. The van der Waals surface area contributed by atoms with Crippen molar-refractivity contribution in [2.45, 2.75) is 0 Å². The van der Waals surface area contributed by atoms with Crippen LogP contribution in [0.25, 0.3) is 44.3 Å². The number of hydrogen-bond donors (Lipinski definition) is 0. The summed E-state index contributed by atoms with van der Waals surface area (Å²) in [7, 11) is 0. The molecule has 0 saturated carbocycles. The van der Waals surface area contributed by atoms with Crippen molar-refractivity contribution in [3.63, 3.8) is 0 Å². The van der Waals surface area contributed by atoms with Crippen LogP contribution in [0.4, 0.5) is 0 Å². The maximum atomic E-state index is 12.7. The molecule has 0 aliphatic heterocycles. The minimum Gasteiger partial charge on any atom is -0.437 e. The Morgan fingerprint density at radius 1 is 0.759 bits per heavy atom. The smallest absolute Gasteiger partial charge is 0.284 e. The predicted octanol–water partition coefficient (Wildman–Crippen LogP) is 6.98. The van der Waals surface area contributed by atoms with Crippen molar-refractivity contribution in [3.8, 4) is 22.6 Å². The molecule has 5 rings (SSSR count). The molecule has 3 nitrogen and oxygen atoms in total. The molecule has 0 N–H and O–H groups in total. The van der Waals surface area contributed by atoms with Gasteiger partial charge in [-0.15, -0.1) is 0 Å². The van der Waals surface area contributed by atoms with Gasteiger partial charge in [0.1, 0.15) is 5.58 Å². The van der Waals surface area contributed by atoms with Gasteiger partial charge in [-0.25, -0.2) is 0 Å². The largest absolute Gasteiger partial charge is 0.437 e. The number of hydrogen-bond acceptors (Lipinski definition) is 3. The van der Waals surface area contributed by atoms with Crippen LogP contribution < -0.4 is 5.56 Å². The van der Waals surface area contributed by atoms with Crippen LogP contribution in [-0.4, -0.2) is 4.98 Å². The van der Waals surface area contributed by atoms with E-state index in [0.29, 0.717) is 26.6 Å². The molecule has 0 amide bonds. The standard InChI is InChI=1S/C24H13Cl2NO2/c25-18-8-9-19(21(26)13-18)24-27-23(28)20-12-17(7-10-22(20)29-24)16-6-5-14-3-1-2-4-15(14)11-16/h1-13H. The summed E-state index contributed by atoms with van der Waals surface area (Å²) < 4.78 is 5.87. The van der Waals surface area contributed by atoms with Crippen molar-refractivity contribution in [2.75, 3.05) is 0 Å². The number of aromatic nitrogens is 1. The molecule has 0 radical (unpaired) electrons. The van der Waals surface area contributed by atoms with Gasteiger partial charge in [-0.05, 0) is 58.3 Å². The minimum atomic E-state index is -0.366. The zero-order valence-corrected chi connectivity index (χ0v) is 16.5. The zero-order chi connectivity index (χ0) is 20.0. The second kappa shape index (κ2) is 7.03. The molecule has 0 saturated heterocycles. The Hall–Kier alpha value is -3.14. The lowest BCUT2D eigenvalue weighted by atomic mass is 10.0. The average molecular weight is 418 g/mol. The molecule has 0 bridgehead atoms. The highest BCUT2D eigenvalue weighted by atomic mass is 35.5. The first kappa shape index (κ1) is 17.9. The predicted molar refractivity (Wildman–Crippen MR) is 119 cm³/mol. The Morgan fingerprint density at radius 2 is 1.52 bits per heavy atom. The van der Waals surface area contributed by atoms with Crippen LogP contribution in [0, 0.1) is 0 Å². The van der Waals surface area contributed by atoms with E-state index in [4.69, 9.17) is 27.6 Å². The van der Waals surface area contributed by atoms with E-state index in [1.54, 1.807) is 24.3 Å². The highest BCUT2D eigenvalue weighted by molar-refractivity contribution is 6.36. The first-order valence-corrected chi connectivity index (χ1v) is 9.73. The van der Waals surface area contributed by atoms with Gasteiger partial charge in [-0.2, -0.15) is 4.98 Å². The molecule has 4 aromatic carbocycles. The van der Waals surface area contributed by atoms with Crippen molar-refractivity contribution in [1.82, 2.24) is 4.98 Å². The van der Waals surface area contributed by atoms with Crippen LogP contribution in [0.15, 0.2) is 88.1 Å². The van der Waals surface area contributed by atoms with Crippen LogP contribution in [0.1, 0.15) is 0 Å². The maximum Gasteiger partial charge on any atom is 0.284 e. The summed E-state index contributed by atoms with van der Waals surface area (Å²) in [5, 5.41) is 3.61. The van der Waals surface area contributed by atoms with Gasteiger partial charge in [0.25, 0.3) is 5.56 Å². The fraction of sp³-hybridized carbons (Fsp3) is 0. The monoisotopic (exact) mass is 417 g/mol. The average Bonchev–Trinajstić information content (AvgIpc) is 2.73.